The molecule has 1 aliphatic rings. The standard InChI is InChI=1S/C15H17BrN2O2S2/c16-14-6-7-15(21-14)22(19,20)17-13-8-9-18(11-13)10-12-4-2-1-3-5-12/h1-7,13,17H,8-11H2. The van der Waals surface area contributed by atoms with Crippen molar-refractivity contribution in [1.82, 2.24) is 9.62 Å². The summed E-state index contributed by atoms with van der Waals surface area (Å²) in [5.74, 6) is 0. The summed E-state index contributed by atoms with van der Waals surface area (Å²) in [4.78, 5) is 2.28. The van der Waals surface area contributed by atoms with Gasteiger partial charge in [0.25, 0.3) is 0 Å². The molecule has 1 saturated heterocycles. The third-order valence-corrected chi connectivity index (χ3v) is 7.29. The lowest BCUT2D eigenvalue weighted by molar-refractivity contribution is 0.324. The van der Waals surface area contributed by atoms with Crippen molar-refractivity contribution in [3.05, 3.63) is 51.8 Å². The van der Waals surface area contributed by atoms with Gasteiger partial charge in [-0.25, -0.2) is 13.1 Å². The van der Waals surface area contributed by atoms with E-state index in [9.17, 15) is 8.42 Å². The van der Waals surface area contributed by atoms with Crippen LogP contribution < -0.4 is 4.72 Å². The molecule has 1 aromatic heterocycles. The van der Waals surface area contributed by atoms with Gasteiger partial charge < -0.3 is 0 Å². The number of nitrogens with zero attached hydrogens (tertiary/aromatic N) is 1. The molecule has 0 amide bonds. The first-order valence-electron chi connectivity index (χ1n) is 7.07. The molecule has 0 aliphatic carbocycles. The SMILES string of the molecule is O=S(=O)(NC1CCN(Cc2ccccc2)C1)c1ccc(Br)s1. The first kappa shape index (κ1) is 16.1. The molecule has 0 spiro atoms. The fourth-order valence-electron chi connectivity index (χ4n) is 2.63. The molecule has 3 rings (SSSR count). The van der Waals surface area contributed by atoms with Gasteiger partial charge in [-0.3, -0.25) is 4.90 Å². The minimum atomic E-state index is -3.41. The molecule has 118 valence electrons. The Kier molecular flexibility index (Phi) is 4.99. The Morgan fingerprint density at radius 1 is 1.23 bits per heavy atom. The molecule has 1 N–H and O–H groups in total. The Balaban J connectivity index is 1.59. The lowest BCUT2D eigenvalue weighted by Gasteiger charge is -2.16. The van der Waals surface area contributed by atoms with Gasteiger partial charge in [0.2, 0.25) is 10.0 Å². The quantitative estimate of drug-likeness (QED) is 0.838. The predicted molar refractivity (Wildman–Crippen MR) is 92.5 cm³/mol. The van der Waals surface area contributed by atoms with Gasteiger partial charge >= 0.3 is 0 Å². The van der Waals surface area contributed by atoms with Crippen molar-refractivity contribution < 1.29 is 8.42 Å². The Morgan fingerprint density at radius 2 is 2.00 bits per heavy atom. The third kappa shape index (κ3) is 3.97. The van der Waals surface area contributed by atoms with Crippen LogP contribution in [0, 0.1) is 0 Å². The van der Waals surface area contributed by atoms with Crippen molar-refractivity contribution in [3.8, 4) is 0 Å². The molecule has 2 heterocycles. The minimum absolute atomic E-state index is 0.0189. The molecule has 1 atom stereocenters. The van der Waals surface area contributed by atoms with Crippen molar-refractivity contribution in [3.63, 3.8) is 0 Å². The zero-order chi connectivity index (χ0) is 15.6. The van der Waals surface area contributed by atoms with Crippen LogP contribution in [-0.2, 0) is 16.6 Å². The number of halogens is 1. The smallest absolute Gasteiger partial charge is 0.250 e. The summed E-state index contributed by atoms with van der Waals surface area (Å²) in [6.07, 6.45) is 0.846. The number of benzene rings is 1. The zero-order valence-electron chi connectivity index (χ0n) is 11.9. The van der Waals surface area contributed by atoms with Crippen molar-refractivity contribution in [2.45, 2.75) is 23.2 Å². The van der Waals surface area contributed by atoms with E-state index in [1.54, 1.807) is 12.1 Å². The van der Waals surface area contributed by atoms with E-state index in [0.717, 1.165) is 29.8 Å². The van der Waals surface area contributed by atoms with E-state index in [1.807, 2.05) is 18.2 Å². The Hall–Kier alpha value is -0.730. The number of rotatable bonds is 5. The maximum absolute atomic E-state index is 12.3. The molecule has 1 unspecified atom stereocenters. The van der Waals surface area contributed by atoms with Crippen LogP contribution in [0.3, 0.4) is 0 Å². The molecular formula is C15H17BrN2O2S2. The summed E-state index contributed by atoms with van der Waals surface area (Å²) >= 11 is 4.54. The second-order valence-corrected chi connectivity index (χ2v) is 9.79. The van der Waals surface area contributed by atoms with Crippen LogP contribution >= 0.6 is 27.3 Å². The van der Waals surface area contributed by atoms with Crippen LogP contribution in [0.2, 0.25) is 0 Å². The summed E-state index contributed by atoms with van der Waals surface area (Å²) in [5, 5.41) is 0. The lowest BCUT2D eigenvalue weighted by atomic mass is 10.2. The van der Waals surface area contributed by atoms with Gasteiger partial charge in [-0.15, -0.1) is 11.3 Å². The average Bonchev–Trinajstić information content (AvgIpc) is 3.09. The molecule has 22 heavy (non-hydrogen) atoms. The van der Waals surface area contributed by atoms with Gasteiger partial charge in [-0.2, -0.15) is 0 Å². The fraction of sp³-hybridized carbons (Fsp3) is 0.333. The van der Waals surface area contributed by atoms with Crippen LogP contribution in [0.5, 0.6) is 0 Å². The molecule has 7 heteroatoms. The van der Waals surface area contributed by atoms with E-state index in [1.165, 1.54) is 16.9 Å². The minimum Gasteiger partial charge on any atom is -0.297 e. The highest BCUT2D eigenvalue weighted by Crippen LogP contribution is 2.26. The fourth-order valence-corrected chi connectivity index (χ4v) is 5.92. The average molecular weight is 401 g/mol. The van der Waals surface area contributed by atoms with E-state index < -0.39 is 10.0 Å². The Bertz CT molecular complexity index is 731. The molecule has 1 aliphatic heterocycles. The number of hydrogen-bond donors (Lipinski definition) is 1. The van der Waals surface area contributed by atoms with Gasteiger partial charge in [0, 0.05) is 25.7 Å². The highest BCUT2D eigenvalue weighted by Gasteiger charge is 2.27. The van der Waals surface area contributed by atoms with Gasteiger partial charge in [-0.05, 0) is 40.0 Å². The zero-order valence-corrected chi connectivity index (χ0v) is 15.1. The van der Waals surface area contributed by atoms with Crippen LogP contribution in [-0.4, -0.2) is 32.4 Å². The van der Waals surface area contributed by atoms with E-state index in [0.29, 0.717) is 4.21 Å². The first-order chi connectivity index (χ1) is 10.5. The van der Waals surface area contributed by atoms with Gasteiger partial charge in [0.1, 0.15) is 4.21 Å². The van der Waals surface area contributed by atoms with E-state index in [-0.39, 0.29) is 6.04 Å². The molecular weight excluding hydrogens is 384 g/mol. The third-order valence-electron chi connectivity index (χ3n) is 3.66. The molecule has 0 saturated carbocycles. The summed E-state index contributed by atoms with van der Waals surface area (Å²) in [6, 6.07) is 13.6. The van der Waals surface area contributed by atoms with E-state index >= 15 is 0 Å². The molecule has 0 bridgehead atoms. The Labute approximate surface area is 143 Å². The monoisotopic (exact) mass is 400 g/mol. The normalized spacial score (nSPS) is 19.6. The molecule has 0 radical (unpaired) electrons. The lowest BCUT2D eigenvalue weighted by Crippen LogP contribution is -2.36. The molecule has 1 aromatic carbocycles. The van der Waals surface area contributed by atoms with Crippen molar-refractivity contribution in [1.29, 1.82) is 0 Å². The Morgan fingerprint density at radius 3 is 2.68 bits per heavy atom. The number of sulfonamides is 1. The summed E-state index contributed by atoms with van der Waals surface area (Å²) in [6.45, 7) is 2.53. The first-order valence-corrected chi connectivity index (χ1v) is 10.2. The van der Waals surface area contributed by atoms with E-state index in [4.69, 9.17) is 0 Å². The maximum atomic E-state index is 12.3. The van der Waals surface area contributed by atoms with E-state index in [2.05, 4.69) is 37.7 Å². The van der Waals surface area contributed by atoms with Gasteiger partial charge in [-0.1, -0.05) is 30.3 Å². The topological polar surface area (TPSA) is 49.4 Å². The summed E-state index contributed by atoms with van der Waals surface area (Å²) < 4.78 is 28.7. The van der Waals surface area contributed by atoms with Crippen LogP contribution in [0.15, 0.2) is 50.5 Å². The van der Waals surface area contributed by atoms with Gasteiger partial charge in [0.05, 0.1) is 3.79 Å². The molecule has 2 aromatic rings. The maximum Gasteiger partial charge on any atom is 0.250 e. The summed E-state index contributed by atoms with van der Waals surface area (Å²) in [5.41, 5.74) is 1.26. The van der Waals surface area contributed by atoms with Gasteiger partial charge in [0.15, 0.2) is 0 Å². The largest absolute Gasteiger partial charge is 0.297 e. The molecule has 1 fully saturated rings. The van der Waals surface area contributed by atoms with Crippen molar-refractivity contribution in [2.75, 3.05) is 13.1 Å². The predicted octanol–water partition coefficient (Wildman–Crippen LogP) is 3.06. The molecule has 4 nitrogen and oxygen atoms in total. The van der Waals surface area contributed by atoms with Crippen LogP contribution in [0.25, 0.3) is 0 Å². The number of thiophene rings is 1. The van der Waals surface area contributed by atoms with Crippen molar-refractivity contribution in [2.24, 2.45) is 0 Å². The van der Waals surface area contributed by atoms with Crippen LogP contribution in [0.4, 0.5) is 0 Å². The number of likely N-dealkylation sites (tertiary alicyclic amines) is 1. The second-order valence-electron chi connectivity index (χ2n) is 5.39. The van der Waals surface area contributed by atoms with Crippen molar-refractivity contribution >= 4 is 37.3 Å². The second kappa shape index (κ2) is 6.80. The highest BCUT2D eigenvalue weighted by molar-refractivity contribution is 9.11. The number of nitrogens with one attached hydrogen (secondary N) is 1. The van der Waals surface area contributed by atoms with Crippen LogP contribution in [0.1, 0.15) is 12.0 Å². The highest BCUT2D eigenvalue weighted by atomic mass is 79.9. The number of hydrogen-bond acceptors (Lipinski definition) is 4. The summed E-state index contributed by atoms with van der Waals surface area (Å²) in [7, 11) is -3.41.